The lowest BCUT2D eigenvalue weighted by Gasteiger charge is -2.32. The Hall–Kier alpha value is -3.78. The Morgan fingerprint density at radius 3 is 2.53 bits per heavy atom. The molecule has 0 saturated carbocycles. The summed E-state index contributed by atoms with van der Waals surface area (Å²) in [6, 6.07) is 22.5. The van der Waals surface area contributed by atoms with Crippen LogP contribution in [0.3, 0.4) is 0 Å². The maximum Gasteiger partial charge on any atom is 0.333 e. The third-order valence-corrected chi connectivity index (χ3v) is 5.70. The molecule has 1 saturated heterocycles. The minimum atomic E-state index is -0.534. The minimum absolute atomic E-state index is 0.0933. The molecule has 1 aliphatic rings. The van der Waals surface area contributed by atoms with E-state index in [-0.39, 0.29) is 12.4 Å². The number of hydrogen-bond donors (Lipinski definition) is 3. The van der Waals surface area contributed by atoms with E-state index in [9.17, 15) is 9.59 Å². The van der Waals surface area contributed by atoms with Crippen LogP contribution in [0.25, 0.3) is 0 Å². The van der Waals surface area contributed by atoms with Crippen LogP contribution in [-0.2, 0) is 13.2 Å². The van der Waals surface area contributed by atoms with Crippen molar-refractivity contribution in [2.24, 2.45) is 5.92 Å². The highest BCUT2D eigenvalue weighted by Gasteiger charge is 2.20. The summed E-state index contributed by atoms with van der Waals surface area (Å²) < 4.78 is 11.1. The van der Waals surface area contributed by atoms with Crippen molar-refractivity contribution in [2.45, 2.75) is 26.0 Å². The fourth-order valence-electron chi connectivity index (χ4n) is 4.01. The molecule has 8 heteroatoms. The molecule has 2 aromatic carbocycles. The molecular weight excluding hydrogens is 432 g/mol. The number of carbonyl (C=O) groups is 2. The highest BCUT2D eigenvalue weighted by molar-refractivity contribution is 5.92. The number of hydrazine groups is 1. The molecule has 0 radical (unpaired) electrons. The molecule has 8 nitrogen and oxygen atoms in total. The van der Waals surface area contributed by atoms with E-state index in [2.05, 4.69) is 45.3 Å². The fraction of sp³-hybridized carbons (Fsp3) is 0.308. The van der Waals surface area contributed by atoms with E-state index in [1.54, 1.807) is 12.1 Å². The Labute approximate surface area is 199 Å². The lowest BCUT2D eigenvalue weighted by atomic mass is 9.97. The van der Waals surface area contributed by atoms with Crippen LogP contribution in [0, 0.1) is 5.92 Å². The number of piperidine rings is 1. The monoisotopic (exact) mass is 462 g/mol. The third-order valence-electron chi connectivity index (χ3n) is 5.70. The number of para-hydroxylation sites is 1. The SMILES string of the molecule is O=C(NCC1CCCN(Cc2ccccc2)C1)NNC(=O)c1ccc(COc2ccccc2)o1. The van der Waals surface area contributed by atoms with Crippen molar-refractivity contribution >= 4 is 11.9 Å². The number of likely N-dealkylation sites (tertiary alicyclic amines) is 1. The zero-order valence-corrected chi connectivity index (χ0v) is 19.0. The van der Waals surface area contributed by atoms with Crippen molar-refractivity contribution < 1.29 is 18.7 Å². The second kappa shape index (κ2) is 11.9. The first-order valence-electron chi connectivity index (χ1n) is 11.5. The first-order valence-corrected chi connectivity index (χ1v) is 11.5. The van der Waals surface area contributed by atoms with Crippen LogP contribution in [0.4, 0.5) is 4.79 Å². The van der Waals surface area contributed by atoms with Gasteiger partial charge in [-0.25, -0.2) is 10.2 Å². The molecule has 1 atom stereocenters. The summed E-state index contributed by atoms with van der Waals surface area (Å²) in [5.41, 5.74) is 6.05. The van der Waals surface area contributed by atoms with Crippen LogP contribution in [-0.4, -0.2) is 36.5 Å². The number of nitrogens with zero attached hydrogens (tertiary/aromatic N) is 1. The van der Waals surface area contributed by atoms with Crippen LogP contribution in [0.5, 0.6) is 5.75 Å². The Kier molecular flexibility index (Phi) is 8.18. The molecule has 1 fully saturated rings. The third kappa shape index (κ3) is 7.11. The first kappa shape index (κ1) is 23.4. The maximum atomic E-state index is 12.3. The van der Waals surface area contributed by atoms with Gasteiger partial charge in [0.05, 0.1) is 0 Å². The van der Waals surface area contributed by atoms with E-state index in [0.717, 1.165) is 32.5 Å². The van der Waals surface area contributed by atoms with E-state index in [0.29, 0.717) is 24.0 Å². The van der Waals surface area contributed by atoms with Crippen molar-refractivity contribution in [1.29, 1.82) is 0 Å². The molecule has 2 heterocycles. The van der Waals surface area contributed by atoms with Crippen molar-refractivity contribution in [3.63, 3.8) is 0 Å². The number of amides is 3. The Bertz CT molecular complexity index is 1050. The summed E-state index contributed by atoms with van der Waals surface area (Å²) in [5.74, 6) is 1.15. The average molecular weight is 463 g/mol. The quantitative estimate of drug-likeness (QED) is 0.444. The first-order chi connectivity index (χ1) is 16.7. The second-order valence-corrected chi connectivity index (χ2v) is 8.39. The highest BCUT2D eigenvalue weighted by Crippen LogP contribution is 2.18. The minimum Gasteiger partial charge on any atom is -0.486 e. The second-order valence-electron chi connectivity index (χ2n) is 8.39. The van der Waals surface area contributed by atoms with Gasteiger partial charge in [0.15, 0.2) is 5.76 Å². The van der Waals surface area contributed by atoms with Gasteiger partial charge in [0.1, 0.15) is 18.1 Å². The molecule has 0 bridgehead atoms. The summed E-state index contributed by atoms with van der Waals surface area (Å²) in [6.07, 6.45) is 2.17. The van der Waals surface area contributed by atoms with Crippen LogP contribution >= 0.6 is 0 Å². The number of hydrogen-bond acceptors (Lipinski definition) is 5. The Morgan fingerprint density at radius 1 is 0.971 bits per heavy atom. The number of rotatable bonds is 8. The summed E-state index contributed by atoms with van der Waals surface area (Å²) in [5, 5.41) is 2.85. The van der Waals surface area contributed by atoms with E-state index >= 15 is 0 Å². The molecule has 0 aliphatic carbocycles. The molecule has 3 aromatic rings. The zero-order valence-electron chi connectivity index (χ0n) is 19.0. The van der Waals surface area contributed by atoms with Crippen LogP contribution in [0.1, 0.15) is 34.7 Å². The van der Waals surface area contributed by atoms with Gasteiger partial charge in [-0.3, -0.25) is 15.1 Å². The Balaban J connectivity index is 1.15. The molecule has 1 aliphatic heterocycles. The van der Waals surface area contributed by atoms with E-state index in [1.807, 2.05) is 36.4 Å². The predicted octanol–water partition coefficient (Wildman–Crippen LogP) is 3.71. The van der Waals surface area contributed by atoms with Crippen molar-refractivity contribution in [3.05, 3.63) is 89.9 Å². The summed E-state index contributed by atoms with van der Waals surface area (Å²) in [7, 11) is 0. The lowest BCUT2D eigenvalue weighted by molar-refractivity contribution is 0.0904. The van der Waals surface area contributed by atoms with E-state index in [4.69, 9.17) is 9.15 Å². The highest BCUT2D eigenvalue weighted by atomic mass is 16.5. The van der Waals surface area contributed by atoms with Gasteiger partial charge < -0.3 is 14.5 Å². The summed E-state index contributed by atoms with van der Waals surface area (Å²) in [4.78, 5) is 26.8. The molecular formula is C26H30N4O4. The van der Waals surface area contributed by atoms with Gasteiger partial charge >= 0.3 is 11.9 Å². The molecule has 0 spiro atoms. The van der Waals surface area contributed by atoms with Gasteiger partial charge in [0.2, 0.25) is 0 Å². The van der Waals surface area contributed by atoms with Gasteiger partial charge in [-0.15, -0.1) is 0 Å². The standard InChI is InChI=1S/C26H30N4O4/c31-25(24-14-13-23(34-24)19-33-22-11-5-2-6-12-22)28-29-26(32)27-16-21-10-7-15-30(18-21)17-20-8-3-1-4-9-20/h1-6,8-9,11-14,21H,7,10,15-19H2,(H,28,31)(H2,27,29,32). The van der Waals surface area contributed by atoms with Gasteiger partial charge in [0.25, 0.3) is 0 Å². The van der Waals surface area contributed by atoms with Gasteiger partial charge in [-0.05, 0) is 55.1 Å². The van der Waals surface area contributed by atoms with Crippen molar-refractivity contribution in [2.75, 3.05) is 19.6 Å². The summed E-state index contributed by atoms with van der Waals surface area (Å²) in [6.45, 7) is 3.67. The average Bonchev–Trinajstić information content (AvgIpc) is 3.36. The van der Waals surface area contributed by atoms with Crippen LogP contribution in [0.15, 0.2) is 77.2 Å². The van der Waals surface area contributed by atoms with Gasteiger partial charge in [0, 0.05) is 19.6 Å². The molecule has 34 heavy (non-hydrogen) atoms. The van der Waals surface area contributed by atoms with Crippen LogP contribution < -0.4 is 20.9 Å². The zero-order chi connectivity index (χ0) is 23.6. The number of nitrogens with one attached hydrogen (secondary N) is 3. The maximum absolute atomic E-state index is 12.3. The normalized spacial score (nSPS) is 15.9. The van der Waals surface area contributed by atoms with Crippen LogP contribution in [0.2, 0.25) is 0 Å². The number of benzene rings is 2. The van der Waals surface area contributed by atoms with E-state index < -0.39 is 11.9 Å². The topological polar surface area (TPSA) is 95.8 Å². The van der Waals surface area contributed by atoms with E-state index in [1.165, 1.54) is 5.56 Å². The molecule has 178 valence electrons. The smallest absolute Gasteiger partial charge is 0.333 e. The molecule has 1 aromatic heterocycles. The molecule has 3 amide bonds. The number of urea groups is 1. The largest absolute Gasteiger partial charge is 0.486 e. The molecule has 4 rings (SSSR count). The Morgan fingerprint density at radius 2 is 1.74 bits per heavy atom. The van der Waals surface area contributed by atoms with Crippen molar-refractivity contribution in [1.82, 2.24) is 21.1 Å². The number of ether oxygens (including phenoxy) is 1. The van der Waals surface area contributed by atoms with Crippen molar-refractivity contribution in [3.8, 4) is 5.75 Å². The predicted molar refractivity (Wildman–Crippen MR) is 128 cm³/mol. The molecule has 3 N–H and O–H groups in total. The lowest BCUT2D eigenvalue weighted by Crippen LogP contribution is -2.49. The fourth-order valence-corrected chi connectivity index (χ4v) is 4.01. The molecule has 1 unspecified atom stereocenters. The summed E-state index contributed by atoms with van der Waals surface area (Å²) >= 11 is 0. The number of carbonyl (C=O) groups excluding carboxylic acids is 2. The number of furan rings is 1. The van der Waals surface area contributed by atoms with Gasteiger partial charge in [-0.1, -0.05) is 48.5 Å². The van der Waals surface area contributed by atoms with Gasteiger partial charge in [-0.2, -0.15) is 0 Å².